The molecule has 2 fully saturated rings. The van der Waals surface area contributed by atoms with Gasteiger partial charge in [0.2, 0.25) is 17.7 Å². The van der Waals surface area contributed by atoms with E-state index < -0.39 is 29.1 Å². The van der Waals surface area contributed by atoms with Crippen LogP contribution < -0.4 is 10.6 Å². The smallest absolute Gasteiger partial charge is 0.250 e. The molecule has 1 aromatic carbocycles. The lowest BCUT2D eigenvalue weighted by Crippen LogP contribution is -2.53. The Labute approximate surface area is 144 Å². The molecule has 1 aromatic rings. The molecule has 3 heterocycles. The molecular formula is C18H20FN3O3. The molecular weight excluding hydrogens is 325 g/mol. The van der Waals surface area contributed by atoms with Crippen LogP contribution in [-0.4, -0.2) is 34.7 Å². The first-order valence-corrected chi connectivity index (χ1v) is 8.59. The summed E-state index contributed by atoms with van der Waals surface area (Å²) in [6.45, 7) is 5.52. The van der Waals surface area contributed by atoms with Crippen LogP contribution in [-0.2, 0) is 19.9 Å². The average Bonchev–Trinajstić information content (AvgIpc) is 3.12. The van der Waals surface area contributed by atoms with E-state index in [-0.39, 0.29) is 23.9 Å². The second-order valence-corrected chi connectivity index (χ2v) is 7.19. The molecule has 2 N–H and O–H groups in total. The van der Waals surface area contributed by atoms with Gasteiger partial charge in [-0.25, -0.2) is 4.39 Å². The number of carbonyl (C=O) groups is 3. The Hall–Kier alpha value is -2.28. The number of nitrogens with one attached hydrogen (secondary N) is 2. The van der Waals surface area contributed by atoms with Gasteiger partial charge >= 0.3 is 0 Å². The molecule has 3 aliphatic heterocycles. The van der Waals surface area contributed by atoms with E-state index in [1.54, 1.807) is 6.92 Å². The van der Waals surface area contributed by atoms with E-state index in [9.17, 15) is 18.8 Å². The average molecular weight is 345 g/mol. The zero-order valence-corrected chi connectivity index (χ0v) is 14.3. The Morgan fingerprint density at radius 3 is 2.68 bits per heavy atom. The van der Waals surface area contributed by atoms with Gasteiger partial charge in [-0.05, 0) is 38.5 Å². The molecule has 0 unspecified atom stereocenters. The molecule has 0 aliphatic carbocycles. The fourth-order valence-corrected chi connectivity index (χ4v) is 4.58. The molecule has 5 atom stereocenters. The maximum atomic E-state index is 13.9. The molecule has 6 nitrogen and oxygen atoms in total. The maximum absolute atomic E-state index is 13.9. The zero-order chi connectivity index (χ0) is 18.1. The molecule has 0 radical (unpaired) electrons. The quantitative estimate of drug-likeness (QED) is 0.794. The highest BCUT2D eigenvalue weighted by molar-refractivity contribution is 6.15. The summed E-state index contributed by atoms with van der Waals surface area (Å²) in [5, 5.41) is 5.89. The highest BCUT2D eigenvalue weighted by Crippen LogP contribution is 2.53. The number of halogens is 1. The van der Waals surface area contributed by atoms with Crippen LogP contribution in [0.25, 0.3) is 0 Å². The summed E-state index contributed by atoms with van der Waals surface area (Å²) in [5.41, 5.74) is -0.505. The van der Waals surface area contributed by atoms with E-state index in [0.717, 1.165) is 0 Å². The Kier molecular flexibility index (Phi) is 3.31. The SMILES string of the molecule is CC[C@H](C)N1C(=O)[C@H]2[C@@H](C1=O)[C@]1(N[C@@H]2C)C(=O)Nc2ccc(F)cc21. The van der Waals surface area contributed by atoms with Crippen LogP contribution in [0.1, 0.15) is 32.8 Å². The minimum atomic E-state index is -1.39. The number of rotatable bonds is 2. The molecule has 132 valence electrons. The Morgan fingerprint density at radius 1 is 1.28 bits per heavy atom. The molecule has 4 rings (SSSR count). The van der Waals surface area contributed by atoms with Crippen molar-refractivity contribution in [3.05, 3.63) is 29.6 Å². The lowest BCUT2D eigenvalue weighted by molar-refractivity contribution is -0.145. The predicted molar refractivity (Wildman–Crippen MR) is 87.9 cm³/mol. The highest BCUT2D eigenvalue weighted by atomic mass is 19.1. The van der Waals surface area contributed by atoms with Crippen molar-refractivity contribution in [2.75, 3.05) is 5.32 Å². The summed E-state index contributed by atoms with van der Waals surface area (Å²) in [4.78, 5) is 40.2. The van der Waals surface area contributed by atoms with Crippen LogP contribution in [0.5, 0.6) is 0 Å². The van der Waals surface area contributed by atoms with Crippen molar-refractivity contribution in [2.45, 2.75) is 44.8 Å². The van der Waals surface area contributed by atoms with Gasteiger partial charge in [0.25, 0.3) is 0 Å². The van der Waals surface area contributed by atoms with Crippen LogP contribution in [0.15, 0.2) is 18.2 Å². The van der Waals surface area contributed by atoms with Crippen molar-refractivity contribution >= 4 is 23.4 Å². The number of anilines is 1. The number of fused-ring (bicyclic) bond motifs is 4. The van der Waals surface area contributed by atoms with Crippen LogP contribution in [0, 0.1) is 17.7 Å². The summed E-state index contributed by atoms with van der Waals surface area (Å²) in [6, 6.07) is 3.44. The van der Waals surface area contributed by atoms with Gasteiger partial charge in [-0.2, -0.15) is 0 Å². The third-order valence-electron chi connectivity index (χ3n) is 5.89. The van der Waals surface area contributed by atoms with Gasteiger partial charge in [-0.15, -0.1) is 0 Å². The van der Waals surface area contributed by atoms with Crippen LogP contribution in [0.2, 0.25) is 0 Å². The Bertz CT molecular complexity index is 811. The molecule has 0 saturated carbocycles. The number of hydrogen-bond donors (Lipinski definition) is 2. The number of imide groups is 1. The van der Waals surface area contributed by atoms with E-state index in [2.05, 4.69) is 10.6 Å². The minimum Gasteiger partial charge on any atom is -0.324 e. The van der Waals surface area contributed by atoms with Crippen molar-refractivity contribution in [3.63, 3.8) is 0 Å². The fraction of sp³-hybridized carbons (Fsp3) is 0.500. The molecule has 0 aromatic heterocycles. The van der Waals surface area contributed by atoms with Gasteiger partial charge in [0, 0.05) is 23.3 Å². The molecule has 25 heavy (non-hydrogen) atoms. The van der Waals surface area contributed by atoms with E-state index in [1.807, 2.05) is 13.8 Å². The number of carbonyl (C=O) groups excluding carboxylic acids is 3. The van der Waals surface area contributed by atoms with Gasteiger partial charge in [-0.1, -0.05) is 6.92 Å². The first kappa shape index (κ1) is 16.2. The topological polar surface area (TPSA) is 78.5 Å². The van der Waals surface area contributed by atoms with Crippen molar-refractivity contribution in [2.24, 2.45) is 11.8 Å². The summed E-state index contributed by atoms with van der Waals surface area (Å²) in [6.07, 6.45) is 0.642. The predicted octanol–water partition coefficient (Wildman–Crippen LogP) is 1.36. The van der Waals surface area contributed by atoms with Gasteiger partial charge < -0.3 is 5.32 Å². The standard InChI is InChI=1S/C18H20FN3O3/c1-4-8(2)22-15(23)13-9(3)21-18(14(13)16(22)24)11-7-10(19)5-6-12(11)20-17(18)25/h5-9,13-14,21H,4H2,1-3H3,(H,20,25)/t8-,9+,13+,14-,18-/m0/s1. The third-order valence-corrected chi connectivity index (χ3v) is 5.89. The van der Waals surface area contributed by atoms with E-state index >= 15 is 0 Å². The Balaban J connectivity index is 1.89. The van der Waals surface area contributed by atoms with Crippen molar-refractivity contribution in [1.82, 2.24) is 10.2 Å². The number of likely N-dealkylation sites (tertiary alicyclic amines) is 1. The molecule has 3 aliphatic rings. The monoisotopic (exact) mass is 345 g/mol. The molecule has 7 heteroatoms. The van der Waals surface area contributed by atoms with Gasteiger partial charge in [-0.3, -0.25) is 24.6 Å². The zero-order valence-electron chi connectivity index (χ0n) is 14.3. The van der Waals surface area contributed by atoms with Crippen LogP contribution in [0.4, 0.5) is 10.1 Å². The lowest BCUT2D eigenvalue weighted by atomic mass is 9.76. The van der Waals surface area contributed by atoms with Gasteiger partial charge in [0.15, 0.2) is 0 Å². The van der Waals surface area contributed by atoms with E-state index in [1.165, 1.54) is 23.1 Å². The Morgan fingerprint density at radius 2 is 2.00 bits per heavy atom. The lowest BCUT2D eigenvalue weighted by Gasteiger charge is -2.30. The first-order chi connectivity index (χ1) is 11.8. The fourth-order valence-electron chi connectivity index (χ4n) is 4.58. The largest absolute Gasteiger partial charge is 0.324 e. The minimum absolute atomic E-state index is 0.230. The third kappa shape index (κ3) is 1.84. The van der Waals surface area contributed by atoms with Crippen molar-refractivity contribution < 1.29 is 18.8 Å². The summed E-state index contributed by atoms with van der Waals surface area (Å²) in [7, 11) is 0. The number of amides is 3. The van der Waals surface area contributed by atoms with Crippen LogP contribution in [0.3, 0.4) is 0 Å². The summed E-state index contributed by atoms with van der Waals surface area (Å²) < 4.78 is 13.9. The van der Waals surface area contributed by atoms with Crippen molar-refractivity contribution in [3.8, 4) is 0 Å². The molecule has 2 saturated heterocycles. The second kappa shape index (κ2) is 5.11. The molecule has 1 spiro atoms. The number of nitrogens with zero attached hydrogens (tertiary/aromatic N) is 1. The first-order valence-electron chi connectivity index (χ1n) is 8.59. The summed E-state index contributed by atoms with van der Waals surface area (Å²) >= 11 is 0. The van der Waals surface area contributed by atoms with Gasteiger partial charge in [0.05, 0.1) is 11.8 Å². The second-order valence-electron chi connectivity index (χ2n) is 7.19. The van der Waals surface area contributed by atoms with Gasteiger partial charge in [0.1, 0.15) is 11.4 Å². The normalized spacial score (nSPS) is 34.5. The maximum Gasteiger partial charge on any atom is 0.250 e. The summed E-state index contributed by atoms with van der Waals surface area (Å²) in [5.74, 6) is -2.97. The van der Waals surface area contributed by atoms with Crippen molar-refractivity contribution in [1.29, 1.82) is 0 Å². The molecule has 0 bridgehead atoms. The van der Waals surface area contributed by atoms with E-state index in [4.69, 9.17) is 0 Å². The highest BCUT2D eigenvalue weighted by Gasteiger charge is 2.70. The molecule has 3 amide bonds. The number of hydrogen-bond acceptors (Lipinski definition) is 4. The van der Waals surface area contributed by atoms with Crippen LogP contribution >= 0.6 is 0 Å². The van der Waals surface area contributed by atoms with E-state index in [0.29, 0.717) is 17.7 Å². The number of benzene rings is 1.